The number of aromatic nitrogens is 2. The van der Waals surface area contributed by atoms with E-state index in [0.29, 0.717) is 0 Å². The molecule has 0 aliphatic carbocycles. The highest BCUT2D eigenvalue weighted by molar-refractivity contribution is 5.91. The van der Waals surface area contributed by atoms with Gasteiger partial charge in [-0.1, -0.05) is 12.1 Å². The van der Waals surface area contributed by atoms with Gasteiger partial charge in [0.25, 0.3) is 0 Å². The fourth-order valence-electron chi connectivity index (χ4n) is 2.23. The van der Waals surface area contributed by atoms with Crippen molar-refractivity contribution in [2.45, 2.75) is 6.92 Å². The smallest absolute Gasteiger partial charge is 0.144 e. The van der Waals surface area contributed by atoms with E-state index in [1.165, 1.54) is 0 Å². The lowest BCUT2D eigenvalue weighted by molar-refractivity contribution is 0.475. The summed E-state index contributed by atoms with van der Waals surface area (Å²) in [6, 6.07) is 15.0. The highest BCUT2D eigenvalue weighted by Crippen LogP contribution is 2.29. The molecule has 0 bridgehead atoms. The Morgan fingerprint density at radius 3 is 2.40 bits per heavy atom. The van der Waals surface area contributed by atoms with Gasteiger partial charge in [-0.3, -0.25) is 0 Å². The summed E-state index contributed by atoms with van der Waals surface area (Å²) in [7, 11) is 1.96. The average Bonchev–Trinajstić information content (AvgIpc) is 2.46. The van der Waals surface area contributed by atoms with E-state index in [1.807, 2.05) is 55.3 Å². The Bertz CT molecular complexity index is 753. The Hall–Kier alpha value is -2.62. The summed E-state index contributed by atoms with van der Waals surface area (Å²) < 4.78 is 0. The summed E-state index contributed by atoms with van der Waals surface area (Å²) in [4.78, 5) is 11.0. The zero-order chi connectivity index (χ0) is 14.1. The first-order valence-electron chi connectivity index (χ1n) is 6.41. The van der Waals surface area contributed by atoms with Crippen molar-refractivity contribution in [1.29, 1.82) is 0 Å². The summed E-state index contributed by atoms with van der Waals surface area (Å²) in [5.74, 6) is 1.86. The minimum absolute atomic E-state index is 0.255. The maximum Gasteiger partial charge on any atom is 0.144 e. The fraction of sp³-hybridized carbons (Fsp3) is 0.125. The molecule has 0 aliphatic rings. The predicted octanol–water partition coefficient (Wildman–Crippen LogP) is 3.41. The lowest BCUT2D eigenvalue weighted by Crippen LogP contribution is -2.12. The van der Waals surface area contributed by atoms with Crippen molar-refractivity contribution in [2.75, 3.05) is 11.9 Å². The van der Waals surface area contributed by atoms with Crippen molar-refractivity contribution in [3.8, 4) is 5.75 Å². The second-order valence-electron chi connectivity index (χ2n) is 4.69. The van der Waals surface area contributed by atoms with Crippen molar-refractivity contribution in [1.82, 2.24) is 9.97 Å². The summed E-state index contributed by atoms with van der Waals surface area (Å²) in [6.07, 6.45) is 0. The third kappa shape index (κ3) is 2.16. The molecular formula is C16H15N3O. The molecule has 3 rings (SSSR count). The molecule has 1 aromatic heterocycles. The number of aromatic hydroxyl groups is 1. The van der Waals surface area contributed by atoms with Crippen LogP contribution < -0.4 is 4.90 Å². The van der Waals surface area contributed by atoms with Gasteiger partial charge in [0.15, 0.2) is 0 Å². The number of phenols is 1. The van der Waals surface area contributed by atoms with Crippen molar-refractivity contribution >= 4 is 22.4 Å². The van der Waals surface area contributed by atoms with Crippen LogP contribution in [0.1, 0.15) is 5.82 Å². The van der Waals surface area contributed by atoms with Gasteiger partial charge in [0, 0.05) is 18.1 Å². The van der Waals surface area contributed by atoms with Crippen molar-refractivity contribution in [2.24, 2.45) is 0 Å². The Balaban J connectivity index is 2.15. The maximum atomic E-state index is 9.38. The monoisotopic (exact) mass is 265 g/mol. The molecule has 2 aromatic carbocycles. The van der Waals surface area contributed by atoms with Crippen LogP contribution in [0.4, 0.5) is 11.5 Å². The van der Waals surface area contributed by atoms with Gasteiger partial charge < -0.3 is 10.0 Å². The minimum Gasteiger partial charge on any atom is -0.508 e. The molecule has 0 fully saturated rings. The number of nitrogens with zero attached hydrogens (tertiary/aromatic N) is 3. The number of hydrogen-bond acceptors (Lipinski definition) is 4. The van der Waals surface area contributed by atoms with E-state index in [2.05, 4.69) is 9.97 Å². The van der Waals surface area contributed by atoms with Gasteiger partial charge in [-0.2, -0.15) is 0 Å². The highest BCUT2D eigenvalue weighted by Gasteiger charge is 2.11. The van der Waals surface area contributed by atoms with Gasteiger partial charge in [-0.05, 0) is 43.3 Å². The molecule has 4 heteroatoms. The fourth-order valence-corrected chi connectivity index (χ4v) is 2.23. The molecule has 100 valence electrons. The number of anilines is 2. The Morgan fingerprint density at radius 1 is 0.950 bits per heavy atom. The summed E-state index contributed by atoms with van der Waals surface area (Å²) >= 11 is 0. The molecule has 0 unspecified atom stereocenters. The van der Waals surface area contributed by atoms with Gasteiger partial charge in [0.1, 0.15) is 17.4 Å². The Kier molecular flexibility index (Phi) is 2.99. The van der Waals surface area contributed by atoms with Crippen LogP contribution in [-0.4, -0.2) is 22.1 Å². The molecule has 1 heterocycles. The SMILES string of the molecule is Cc1nc(N(C)c2ccc(O)cc2)c2ccccc2n1. The number of aryl methyl sites for hydroxylation is 1. The molecule has 0 saturated carbocycles. The van der Waals surface area contributed by atoms with Crippen LogP contribution in [0.2, 0.25) is 0 Å². The van der Waals surface area contributed by atoms with Gasteiger partial charge in [-0.15, -0.1) is 0 Å². The largest absolute Gasteiger partial charge is 0.508 e. The molecule has 3 aromatic rings. The van der Waals surface area contributed by atoms with Crippen molar-refractivity contribution in [3.63, 3.8) is 0 Å². The molecular weight excluding hydrogens is 250 g/mol. The van der Waals surface area contributed by atoms with E-state index in [0.717, 1.165) is 28.2 Å². The second kappa shape index (κ2) is 4.81. The summed E-state index contributed by atoms with van der Waals surface area (Å²) in [6.45, 7) is 1.89. The van der Waals surface area contributed by atoms with E-state index in [9.17, 15) is 5.11 Å². The van der Waals surface area contributed by atoms with E-state index >= 15 is 0 Å². The third-order valence-electron chi connectivity index (χ3n) is 3.25. The topological polar surface area (TPSA) is 49.2 Å². The van der Waals surface area contributed by atoms with Crippen molar-refractivity contribution in [3.05, 3.63) is 54.4 Å². The van der Waals surface area contributed by atoms with Crippen LogP contribution in [-0.2, 0) is 0 Å². The first kappa shape index (κ1) is 12.4. The number of para-hydroxylation sites is 1. The zero-order valence-electron chi connectivity index (χ0n) is 11.4. The molecule has 20 heavy (non-hydrogen) atoms. The van der Waals surface area contributed by atoms with Crippen molar-refractivity contribution < 1.29 is 5.11 Å². The van der Waals surface area contributed by atoms with Crippen LogP contribution >= 0.6 is 0 Å². The number of benzene rings is 2. The van der Waals surface area contributed by atoms with E-state index in [-0.39, 0.29) is 5.75 Å². The lowest BCUT2D eigenvalue weighted by atomic mass is 10.2. The first-order chi connectivity index (χ1) is 9.65. The number of phenolic OH excluding ortho intramolecular Hbond substituents is 1. The quantitative estimate of drug-likeness (QED) is 0.771. The predicted molar refractivity (Wildman–Crippen MR) is 80.4 cm³/mol. The standard InChI is InChI=1S/C16H15N3O/c1-11-17-15-6-4-3-5-14(15)16(18-11)19(2)12-7-9-13(20)10-8-12/h3-10,20H,1-2H3. The normalized spacial score (nSPS) is 10.7. The molecule has 0 atom stereocenters. The van der Waals surface area contributed by atoms with E-state index < -0.39 is 0 Å². The van der Waals surface area contributed by atoms with Crippen LogP contribution in [0.25, 0.3) is 10.9 Å². The minimum atomic E-state index is 0.255. The van der Waals surface area contributed by atoms with Gasteiger partial charge >= 0.3 is 0 Å². The second-order valence-corrected chi connectivity index (χ2v) is 4.69. The lowest BCUT2D eigenvalue weighted by Gasteiger charge is -2.20. The number of hydrogen-bond donors (Lipinski definition) is 1. The van der Waals surface area contributed by atoms with Crippen LogP contribution in [0.5, 0.6) is 5.75 Å². The Labute approximate surface area is 117 Å². The highest BCUT2D eigenvalue weighted by atomic mass is 16.3. The van der Waals surface area contributed by atoms with Gasteiger partial charge in [0.2, 0.25) is 0 Å². The summed E-state index contributed by atoms with van der Waals surface area (Å²) in [5.41, 5.74) is 1.90. The third-order valence-corrected chi connectivity index (χ3v) is 3.25. The average molecular weight is 265 g/mol. The van der Waals surface area contributed by atoms with Crippen LogP contribution in [0.3, 0.4) is 0 Å². The zero-order valence-corrected chi connectivity index (χ0v) is 11.4. The van der Waals surface area contributed by atoms with E-state index in [1.54, 1.807) is 12.1 Å². The van der Waals surface area contributed by atoms with Crippen LogP contribution in [0.15, 0.2) is 48.5 Å². The summed E-state index contributed by atoms with van der Waals surface area (Å²) in [5, 5.41) is 10.4. The molecule has 1 N–H and O–H groups in total. The molecule has 0 aliphatic heterocycles. The molecule has 0 radical (unpaired) electrons. The molecule has 0 spiro atoms. The molecule has 0 amide bonds. The number of fused-ring (bicyclic) bond motifs is 1. The molecule has 4 nitrogen and oxygen atoms in total. The van der Waals surface area contributed by atoms with Crippen LogP contribution in [0, 0.1) is 6.92 Å². The van der Waals surface area contributed by atoms with Gasteiger partial charge in [-0.25, -0.2) is 9.97 Å². The number of rotatable bonds is 2. The Morgan fingerprint density at radius 2 is 1.65 bits per heavy atom. The van der Waals surface area contributed by atoms with E-state index in [4.69, 9.17) is 0 Å². The first-order valence-corrected chi connectivity index (χ1v) is 6.41. The van der Waals surface area contributed by atoms with Gasteiger partial charge in [0.05, 0.1) is 5.52 Å². The maximum absolute atomic E-state index is 9.38. The molecule has 0 saturated heterocycles.